The summed E-state index contributed by atoms with van der Waals surface area (Å²) in [6.45, 7) is 0. The van der Waals surface area contributed by atoms with Crippen LogP contribution in [-0.2, 0) is 20.2 Å². The third kappa shape index (κ3) is 4.91. The zero-order valence-corrected chi connectivity index (χ0v) is 18.4. The van der Waals surface area contributed by atoms with Crippen LogP contribution < -0.4 is 19.8 Å². The highest BCUT2D eigenvalue weighted by molar-refractivity contribution is 7.87. The molecule has 0 atom stereocenters. The van der Waals surface area contributed by atoms with Gasteiger partial charge in [0.1, 0.15) is 9.79 Å². The first-order valence-electron chi connectivity index (χ1n) is 8.98. The molecule has 6 N–H and O–H groups in total. The van der Waals surface area contributed by atoms with Crippen molar-refractivity contribution >= 4 is 43.8 Å². The lowest BCUT2D eigenvalue weighted by atomic mass is 10.1. The Bertz CT molecular complexity index is 1430. The molecular formula is C16H14N10O6S2. The average molecular weight is 506 g/mol. The summed E-state index contributed by atoms with van der Waals surface area (Å²) in [7, 11) is -8.83. The minimum Gasteiger partial charge on any atom is -0.399 e. The zero-order chi connectivity index (χ0) is 24.3. The van der Waals surface area contributed by atoms with Crippen LogP contribution in [0.3, 0.4) is 0 Å². The van der Waals surface area contributed by atoms with Crippen LogP contribution in [-0.4, -0.2) is 58.1 Å². The largest absolute Gasteiger partial charge is 0.399 e. The van der Waals surface area contributed by atoms with E-state index in [1.165, 1.54) is 48.6 Å². The van der Waals surface area contributed by atoms with Gasteiger partial charge in [-0.3, -0.25) is 0 Å². The molecular weight excluding hydrogens is 492 g/mol. The molecule has 0 bridgehead atoms. The van der Waals surface area contributed by atoms with Crippen molar-refractivity contribution in [1.82, 2.24) is 41.2 Å². The van der Waals surface area contributed by atoms with Crippen LogP contribution in [0.4, 0.5) is 11.4 Å². The van der Waals surface area contributed by atoms with Gasteiger partial charge in [0.2, 0.25) is 0 Å². The number of benzene rings is 2. The number of H-pyrrole nitrogens is 2. The van der Waals surface area contributed by atoms with Gasteiger partial charge in [0, 0.05) is 11.4 Å². The number of anilines is 2. The summed E-state index contributed by atoms with van der Waals surface area (Å²) in [5.74, 6) is 0. The van der Waals surface area contributed by atoms with Gasteiger partial charge in [0.25, 0.3) is 0 Å². The molecule has 0 spiro atoms. The molecule has 4 rings (SSSR count). The van der Waals surface area contributed by atoms with Gasteiger partial charge in [-0.25, -0.2) is 10.2 Å². The molecule has 0 aliphatic heterocycles. The van der Waals surface area contributed by atoms with Crippen LogP contribution in [0.1, 0.15) is 11.1 Å². The first kappa shape index (κ1) is 22.6. The maximum Gasteiger partial charge on any atom is 0.349 e. The Labute approximate surface area is 191 Å². The first-order valence-corrected chi connectivity index (χ1v) is 11.8. The van der Waals surface area contributed by atoms with E-state index in [2.05, 4.69) is 41.2 Å². The van der Waals surface area contributed by atoms with Crippen molar-refractivity contribution < 1.29 is 25.2 Å². The van der Waals surface area contributed by atoms with Crippen molar-refractivity contribution in [2.45, 2.75) is 9.79 Å². The van der Waals surface area contributed by atoms with Crippen LogP contribution in [0.15, 0.2) is 46.2 Å². The van der Waals surface area contributed by atoms with Gasteiger partial charge in [0.15, 0.2) is 0 Å². The molecule has 16 nitrogen and oxygen atoms in total. The predicted molar refractivity (Wildman–Crippen MR) is 115 cm³/mol. The number of rotatable bonds is 8. The molecule has 0 saturated carbocycles. The number of hydrogen-bond acceptors (Lipinski definition) is 14. The number of nitrogen functional groups attached to an aromatic ring is 2. The van der Waals surface area contributed by atoms with E-state index >= 15 is 0 Å². The molecule has 0 amide bonds. The fourth-order valence-electron chi connectivity index (χ4n) is 2.66. The maximum absolute atomic E-state index is 12.8. The lowest BCUT2D eigenvalue weighted by Gasteiger charge is -2.10. The summed E-state index contributed by atoms with van der Waals surface area (Å²) in [6, 6.07) is 7.14. The van der Waals surface area contributed by atoms with Gasteiger partial charge in [-0.2, -0.15) is 16.8 Å². The van der Waals surface area contributed by atoms with Crippen molar-refractivity contribution in [1.29, 1.82) is 0 Å². The summed E-state index contributed by atoms with van der Waals surface area (Å²) in [5, 5.41) is 24.0. The van der Waals surface area contributed by atoms with E-state index in [-0.39, 0.29) is 32.3 Å². The highest BCUT2D eigenvalue weighted by Crippen LogP contribution is 2.27. The van der Waals surface area contributed by atoms with Gasteiger partial charge < -0.3 is 19.8 Å². The molecule has 2 aromatic heterocycles. The van der Waals surface area contributed by atoms with E-state index in [1.807, 2.05) is 0 Å². The normalized spacial score (nSPS) is 12.1. The fourth-order valence-corrected chi connectivity index (χ4v) is 4.81. The summed E-state index contributed by atoms with van der Waals surface area (Å²) in [6.07, 6.45) is 2.68. The zero-order valence-electron chi connectivity index (χ0n) is 16.7. The lowest BCUT2D eigenvalue weighted by molar-refractivity contribution is 0.462. The van der Waals surface area contributed by atoms with Crippen LogP contribution in [0, 0.1) is 0 Å². The molecule has 0 radical (unpaired) electrons. The van der Waals surface area contributed by atoms with Crippen molar-refractivity contribution in [3.63, 3.8) is 0 Å². The monoisotopic (exact) mass is 506 g/mol. The second-order valence-corrected chi connectivity index (χ2v) is 9.45. The average Bonchev–Trinajstić information content (AvgIpc) is 3.47. The summed E-state index contributed by atoms with van der Waals surface area (Å²) < 4.78 is 60.7. The summed E-state index contributed by atoms with van der Waals surface area (Å²) in [4.78, 5) is -0.632. The number of nitrogens with zero attached hydrogens (tertiary/aromatic N) is 6. The second-order valence-electron chi connectivity index (χ2n) is 6.42. The number of nitrogens with two attached hydrogens (primary N) is 2. The van der Waals surface area contributed by atoms with E-state index in [0.29, 0.717) is 0 Å². The Morgan fingerprint density at radius 1 is 0.706 bits per heavy atom. The van der Waals surface area contributed by atoms with Gasteiger partial charge in [-0.05, 0) is 56.2 Å². The topological polar surface area (TPSA) is 248 Å². The smallest absolute Gasteiger partial charge is 0.349 e. The predicted octanol–water partition coefficient (Wildman–Crippen LogP) is -0.417. The molecule has 4 aromatic rings. The molecule has 0 aliphatic carbocycles. The highest BCUT2D eigenvalue weighted by atomic mass is 32.2. The molecule has 0 aliphatic rings. The van der Waals surface area contributed by atoms with Crippen LogP contribution in [0.2, 0.25) is 0 Å². The van der Waals surface area contributed by atoms with Crippen molar-refractivity contribution in [3.05, 3.63) is 47.5 Å². The van der Waals surface area contributed by atoms with Crippen LogP contribution in [0.5, 0.6) is 12.0 Å². The summed E-state index contributed by atoms with van der Waals surface area (Å²) in [5.41, 5.74) is 12.0. The third-order valence-corrected chi connectivity index (χ3v) is 6.62. The SMILES string of the molecule is Nc1ccc(C=Cc2ccc(N)cc2S(=O)(=O)Oc2nnn[nH]2)c(S(=O)(=O)Oc2nnn[nH]2)c1. The molecule has 0 unspecified atom stereocenters. The van der Waals surface area contributed by atoms with Gasteiger partial charge in [-0.15, -0.1) is 0 Å². The number of aromatic amines is 2. The van der Waals surface area contributed by atoms with Crippen molar-refractivity contribution in [2.24, 2.45) is 0 Å². The molecule has 2 heterocycles. The van der Waals surface area contributed by atoms with Gasteiger partial charge >= 0.3 is 32.3 Å². The van der Waals surface area contributed by atoms with E-state index in [9.17, 15) is 16.8 Å². The molecule has 18 heteroatoms. The Hall–Kier alpha value is -4.58. The molecule has 0 fully saturated rings. The Kier molecular flexibility index (Phi) is 5.82. The van der Waals surface area contributed by atoms with Gasteiger partial charge in [0.05, 0.1) is 0 Å². The van der Waals surface area contributed by atoms with E-state index in [1.54, 1.807) is 0 Å². The summed E-state index contributed by atoms with van der Waals surface area (Å²) >= 11 is 0. The Balaban J connectivity index is 1.73. The van der Waals surface area contributed by atoms with Crippen molar-refractivity contribution in [2.75, 3.05) is 11.5 Å². The Morgan fingerprint density at radius 3 is 1.47 bits per heavy atom. The van der Waals surface area contributed by atoms with E-state index in [0.717, 1.165) is 0 Å². The minimum absolute atomic E-state index is 0.127. The maximum atomic E-state index is 12.8. The van der Waals surface area contributed by atoms with Crippen LogP contribution in [0.25, 0.3) is 12.2 Å². The van der Waals surface area contributed by atoms with Crippen LogP contribution >= 0.6 is 0 Å². The number of tetrazole rings is 2. The van der Waals surface area contributed by atoms with Crippen molar-refractivity contribution in [3.8, 4) is 12.0 Å². The second kappa shape index (κ2) is 8.75. The van der Waals surface area contributed by atoms with Gasteiger partial charge in [-0.1, -0.05) is 34.5 Å². The molecule has 0 saturated heterocycles. The van der Waals surface area contributed by atoms with E-state index < -0.39 is 32.3 Å². The molecule has 2 aromatic carbocycles. The minimum atomic E-state index is -4.41. The Morgan fingerprint density at radius 2 is 1.12 bits per heavy atom. The van der Waals surface area contributed by atoms with E-state index in [4.69, 9.17) is 19.8 Å². The number of aromatic nitrogens is 8. The molecule has 176 valence electrons. The highest BCUT2D eigenvalue weighted by Gasteiger charge is 2.24. The lowest BCUT2D eigenvalue weighted by Crippen LogP contribution is -2.13. The third-order valence-electron chi connectivity index (χ3n) is 4.09. The molecule has 34 heavy (non-hydrogen) atoms. The number of nitrogens with one attached hydrogen (secondary N) is 2. The standard InChI is InChI=1S/C16H14N10O6S2/c17-11-5-3-9(13(7-11)33(27,28)31-15-19-23-24-20-15)1-2-10-4-6-12(18)8-14(10)34(29,30)32-16-21-25-26-22-16/h1-8H,17-18H2,(H,19,20,23,24)(H,21,22,25,26). The fraction of sp³-hybridized carbons (Fsp3) is 0. The quantitative estimate of drug-likeness (QED) is 0.135. The number of hydrogen-bond donors (Lipinski definition) is 4. The first-order chi connectivity index (χ1) is 16.1.